The van der Waals surface area contributed by atoms with Crippen molar-refractivity contribution in [2.24, 2.45) is 5.41 Å². The highest BCUT2D eigenvalue weighted by Gasteiger charge is 2.23. The Labute approximate surface area is 115 Å². The molecule has 0 aliphatic carbocycles. The van der Waals surface area contributed by atoms with E-state index in [0.717, 1.165) is 6.07 Å². The van der Waals surface area contributed by atoms with Crippen molar-refractivity contribution in [3.8, 4) is 0 Å². The molecule has 0 heterocycles. The second-order valence-electron chi connectivity index (χ2n) is 5.50. The van der Waals surface area contributed by atoms with Gasteiger partial charge in [0, 0.05) is 23.5 Å². The smallest absolute Gasteiger partial charge is 0.279 e. The molecule has 7 heteroatoms. The lowest BCUT2D eigenvalue weighted by molar-refractivity contribution is -0.394. The molecule has 0 aliphatic heterocycles. The first-order valence-corrected chi connectivity index (χ1v) is 6.08. The van der Waals surface area contributed by atoms with Crippen LogP contribution in [0.15, 0.2) is 18.2 Å². The van der Waals surface area contributed by atoms with Gasteiger partial charge in [-0.25, -0.2) is 0 Å². The average molecular weight is 280 g/mol. The lowest BCUT2D eigenvalue weighted by Gasteiger charge is -2.16. The van der Waals surface area contributed by atoms with Crippen LogP contribution in [-0.4, -0.2) is 15.6 Å². The molecule has 1 aromatic rings. The van der Waals surface area contributed by atoms with Crippen molar-refractivity contribution in [2.75, 3.05) is 0 Å². The Balaban J connectivity index is 2.98. The number of non-ortho nitro benzene ring substituents is 1. The van der Waals surface area contributed by atoms with Crippen molar-refractivity contribution >= 4 is 17.2 Å². The van der Waals surface area contributed by atoms with Gasteiger partial charge in [-0.1, -0.05) is 20.8 Å². The summed E-state index contributed by atoms with van der Waals surface area (Å²) < 4.78 is 0. The zero-order valence-electron chi connectivity index (χ0n) is 11.6. The fraction of sp³-hybridized carbons (Fsp3) is 0.462. The number of ketones is 1. The molecule has 0 N–H and O–H groups in total. The number of carbonyl (C=O) groups excluding carboxylic acids is 1. The Morgan fingerprint density at radius 2 is 1.75 bits per heavy atom. The predicted octanol–water partition coefficient (Wildman–Crippen LogP) is 3.05. The maximum atomic E-state index is 11.8. The third kappa shape index (κ3) is 3.84. The van der Waals surface area contributed by atoms with Crippen molar-refractivity contribution in [3.63, 3.8) is 0 Å². The number of Topliss-reactive ketones (excluding diaryl/α,β-unsaturated/α-hetero) is 1. The molecule has 0 saturated heterocycles. The van der Waals surface area contributed by atoms with Gasteiger partial charge in [-0.2, -0.15) is 0 Å². The maximum Gasteiger partial charge on any atom is 0.279 e. The summed E-state index contributed by atoms with van der Waals surface area (Å²) in [6.45, 7) is 5.33. The van der Waals surface area contributed by atoms with Crippen molar-refractivity contribution < 1.29 is 14.6 Å². The number of nitro benzene ring substituents is 2. The molecule has 108 valence electrons. The summed E-state index contributed by atoms with van der Waals surface area (Å²) in [5.74, 6) is -0.00912. The highest BCUT2D eigenvalue weighted by Crippen LogP contribution is 2.27. The van der Waals surface area contributed by atoms with Gasteiger partial charge in [0.25, 0.3) is 11.4 Å². The summed E-state index contributed by atoms with van der Waals surface area (Å²) in [6.07, 6.45) is 0.368. The van der Waals surface area contributed by atoms with Crippen molar-refractivity contribution in [3.05, 3.63) is 44.0 Å². The van der Waals surface area contributed by atoms with Gasteiger partial charge in [0.1, 0.15) is 5.78 Å². The van der Waals surface area contributed by atoms with Gasteiger partial charge in [0.05, 0.1) is 15.9 Å². The average Bonchev–Trinajstić information content (AvgIpc) is 2.34. The predicted molar refractivity (Wildman–Crippen MR) is 72.5 cm³/mol. The normalized spacial score (nSPS) is 11.2. The highest BCUT2D eigenvalue weighted by atomic mass is 16.6. The number of nitro groups is 2. The Bertz CT molecular complexity index is 560. The van der Waals surface area contributed by atoms with Gasteiger partial charge in [-0.05, 0) is 12.5 Å². The largest absolute Gasteiger partial charge is 0.299 e. The van der Waals surface area contributed by atoms with E-state index in [-0.39, 0.29) is 30.0 Å². The molecule has 1 rings (SSSR count). The number of hydrogen-bond acceptors (Lipinski definition) is 5. The van der Waals surface area contributed by atoms with Gasteiger partial charge < -0.3 is 0 Å². The number of aryl methyl sites for hydroxylation is 1. The van der Waals surface area contributed by atoms with E-state index in [2.05, 4.69) is 0 Å². The minimum absolute atomic E-state index is 0.00912. The van der Waals surface area contributed by atoms with Crippen molar-refractivity contribution in [1.82, 2.24) is 0 Å². The lowest BCUT2D eigenvalue weighted by atomic mass is 9.87. The summed E-state index contributed by atoms with van der Waals surface area (Å²) in [7, 11) is 0. The zero-order chi connectivity index (χ0) is 15.5. The molecule has 0 spiro atoms. The molecule has 7 nitrogen and oxygen atoms in total. The zero-order valence-corrected chi connectivity index (χ0v) is 11.6. The van der Waals surface area contributed by atoms with E-state index < -0.39 is 15.3 Å². The van der Waals surface area contributed by atoms with Crippen LogP contribution in [0, 0.1) is 25.6 Å². The van der Waals surface area contributed by atoms with E-state index in [0.29, 0.717) is 5.56 Å². The summed E-state index contributed by atoms with van der Waals surface area (Å²) >= 11 is 0. The maximum absolute atomic E-state index is 11.8. The molecule has 0 radical (unpaired) electrons. The van der Waals surface area contributed by atoms with Crippen LogP contribution in [0.4, 0.5) is 11.4 Å². The van der Waals surface area contributed by atoms with Crippen LogP contribution in [0.1, 0.15) is 32.8 Å². The van der Waals surface area contributed by atoms with Crippen LogP contribution in [0.3, 0.4) is 0 Å². The summed E-state index contributed by atoms with van der Waals surface area (Å²) in [5.41, 5.74) is -0.822. The number of benzene rings is 1. The minimum atomic E-state index is -0.683. The quantitative estimate of drug-likeness (QED) is 0.609. The third-order valence-corrected chi connectivity index (χ3v) is 2.93. The standard InChI is InChI=1S/C13H16N2O5/c1-13(2,3)12(16)7-5-9-4-6-10(14(17)18)8-11(9)15(19)20/h4,6,8H,5,7H2,1-3H3. The lowest BCUT2D eigenvalue weighted by Crippen LogP contribution is -2.20. The molecule has 0 aromatic heterocycles. The van der Waals surface area contributed by atoms with E-state index in [4.69, 9.17) is 0 Å². The summed E-state index contributed by atoms with van der Waals surface area (Å²) in [6, 6.07) is 3.48. The fourth-order valence-corrected chi connectivity index (χ4v) is 1.67. The first-order valence-electron chi connectivity index (χ1n) is 6.08. The second kappa shape index (κ2) is 5.77. The molecule has 20 heavy (non-hydrogen) atoms. The van der Waals surface area contributed by atoms with E-state index in [1.165, 1.54) is 12.1 Å². The van der Waals surface area contributed by atoms with Crippen LogP contribution >= 0.6 is 0 Å². The Morgan fingerprint density at radius 1 is 1.15 bits per heavy atom. The van der Waals surface area contributed by atoms with Gasteiger partial charge >= 0.3 is 0 Å². The molecule has 0 amide bonds. The second-order valence-corrected chi connectivity index (χ2v) is 5.50. The van der Waals surface area contributed by atoms with E-state index in [1.54, 1.807) is 20.8 Å². The molecular weight excluding hydrogens is 264 g/mol. The SMILES string of the molecule is CC(C)(C)C(=O)CCc1ccc([N+](=O)[O-])cc1[N+](=O)[O-]. The van der Waals surface area contributed by atoms with E-state index in [9.17, 15) is 25.0 Å². The molecular formula is C13H16N2O5. The van der Waals surface area contributed by atoms with Crippen LogP contribution in [0.25, 0.3) is 0 Å². The number of rotatable bonds is 5. The molecule has 0 saturated carbocycles. The monoisotopic (exact) mass is 280 g/mol. The molecule has 0 aliphatic rings. The van der Waals surface area contributed by atoms with Gasteiger partial charge in [0.2, 0.25) is 0 Å². The fourth-order valence-electron chi connectivity index (χ4n) is 1.67. The van der Waals surface area contributed by atoms with Gasteiger partial charge in [-0.15, -0.1) is 0 Å². The molecule has 0 atom stereocenters. The van der Waals surface area contributed by atoms with Crippen LogP contribution in [0.5, 0.6) is 0 Å². The Kier molecular flexibility index (Phi) is 4.54. The molecule has 1 aromatic carbocycles. The van der Waals surface area contributed by atoms with Crippen molar-refractivity contribution in [1.29, 1.82) is 0 Å². The van der Waals surface area contributed by atoms with E-state index in [1.807, 2.05) is 0 Å². The molecule has 0 bridgehead atoms. The van der Waals surface area contributed by atoms with Crippen molar-refractivity contribution in [2.45, 2.75) is 33.6 Å². The number of hydrogen-bond donors (Lipinski definition) is 0. The number of nitrogens with zero attached hydrogens (tertiary/aromatic N) is 2. The van der Waals surface area contributed by atoms with E-state index >= 15 is 0 Å². The first kappa shape index (κ1) is 15.7. The molecule has 0 fully saturated rings. The summed E-state index contributed by atoms with van der Waals surface area (Å²) in [4.78, 5) is 32.0. The number of carbonyl (C=O) groups is 1. The minimum Gasteiger partial charge on any atom is -0.299 e. The third-order valence-electron chi connectivity index (χ3n) is 2.93. The van der Waals surface area contributed by atoms with Crippen LogP contribution < -0.4 is 0 Å². The topological polar surface area (TPSA) is 103 Å². The van der Waals surface area contributed by atoms with Gasteiger partial charge in [0.15, 0.2) is 0 Å². The summed E-state index contributed by atoms with van der Waals surface area (Å²) in [5, 5.41) is 21.5. The van der Waals surface area contributed by atoms with Gasteiger partial charge in [-0.3, -0.25) is 25.0 Å². The van der Waals surface area contributed by atoms with Crippen LogP contribution in [0.2, 0.25) is 0 Å². The highest BCUT2D eigenvalue weighted by molar-refractivity contribution is 5.83. The van der Waals surface area contributed by atoms with Crippen LogP contribution in [-0.2, 0) is 11.2 Å². The first-order chi connectivity index (χ1) is 9.12. The Hall–Kier alpha value is -2.31. The Morgan fingerprint density at radius 3 is 2.20 bits per heavy atom. The molecule has 0 unspecified atom stereocenters.